The molecule has 0 atom stereocenters. The van der Waals surface area contributed by atoms with Crippen molar-refractivity contribution in [1.29, 1.82) is 0 Å². The zero-order valence-electron chi connectivity index (χ0n) is 9.29. The molecule has 2 aromatic rings. The maximum Gasteiger partial charge on any atom is 0.264 e. The van der Waals surface area contributed by atoms with Gasteiger partial charge < -0.3 is 11.1 Å². The second-order valence-corrected chi connectivity index (χ2v) is 4.75. The van der Waals surface area contributed by atoms with Crippen LogP contribution >= 0.6 is 23.8 Å². The molecule has 1 heterocycles. The zero-order valence-corrected chi connectivity index (χ0v) is 10.9. The molecule has 7 heteroatoms. The number of nitrogens with zero attached hydrogens (tertiary/aromatic N) is 2. The number of carbonyl (C=O) groups is 1. The molecule has 0 bridgehead atoms. The fraction of sp³-hybridized carbons (Fsp3) is 0.0909. The molecule has 0 saturated carbocycles. The van der Waals surface area contributed by atoms with Crippen LogP contribution in [0.1, 0.15) is 20.8 Å². The maximum absolute atomic E-state index is 11.7. The van der Waals surface area contributed by atoms with Crippen molar-refractivity contribution in [3.63, 3.8) is 0 Å². The van der Waals surface area contributed by atoms with Crippen molar-refractivity contribution in [3.05, 3.63) is 46.5 Å². The Balaban J connectivity index is 2.00. The summed E-state index contributed by atoms with van der Waals surface area (Å²) in [7, 11) is 0. The van der Waals surface area contributed by atoms with E-state index in [0.717, 1.165) is 22.7 Å². The highest BCUT2D eigenvalue weighted by Gasteiger charge is 2.07. The second-order valence-electron chi connectivity index (χ2n) is 3.53. The van der Waals surface area contributed by atoms with E-state index in [1.165, 1.54) is 6.20 Å². The minimum atomic E-state index is -0.189. The number of hydrogen-bond acceptors (Lipinski definition) is 5. The average molecular weight is 278 g/mol. The van der Waals surface area contributed by atoms with Crippen LogP contribution in [0.4, 0.5) is 0 Å². The van der Waals surface area contributed by atoms with Gasteiger partial charge in [-0.05, 0) is 23.2 Å². The fourth-order valence-corrected chi connectivity index (χ4v) is 1.93. The van der Waals surface area contributed by atoms with Crippen molar-refractivity contribution in [2.75, 3.05) is 0 Å². The molecule has 0 saturated heterocycles. The van der Waals surface area contributed by atoms with E-state index < -0.39 is 0 Å². The Morgan fingerprint density at radius 2 is 2.33 bits per heavy atom. The fourth-order valence-electron chi connectivity index (χ4n) is 1.37. The first-order valence-electron chi connectivity index (χ1n) is 5.11. The van der Waals surface area contributed by atoms with Gasteiger partial charge in [-0.25, -0.2) is 0 Å². The summed E-state index contributed by atoms with van der Waals surface area (Å²) in [6.45, 7) is 0.410. The molecule has 0 fully saturated rings. The van der Waals surface area contributed by atoms with Gasteiger partial charge >= 0.3 is 0 Å². The van der Waals surface area contributed by atoms with Gasteiger partial charge in [0.25, 0.3) is 5.91 Å². The van der Waals surface area contributed by atoms with Gasteiger partial charge in [0.2, 0.25) is 0 Å². The van der Waals surface area contributed by atoms with Gasteiger partial charge in [0.1, 0.15) is 9.87 Å². The third kappa shape index (κ3) is 3.08. The van der Waals surface area contributed by atoms with E-state index in [1.807, 2.05) is 24.3 Å². The van der Waals surface area contributed by atoms with Crippen LogP contribution in [-0.2, 0) is 6.54 Å². The average Bonchev–Trinajstić information content (AvgIpc) is 2.90. The Bertz CT molecular complexity index is 568. The standard InChI is InChI=1S/C11H10N4OS2/c12-10(17)8-3-1-2-7(4-8)5-13-11(16)9-6-14-15-18-9/h1-4,6H,5H2,(H2,12,17)(H,13,16). The van der Waals surface area contributed by atoms with Crippen molar-refractivity contribution >= 4 is 34.6 Å². The van der Waals surface area contributed by atoms with Gasteiger partial charge in [-0.1, -0.05) is 34.9 Å². The molecule has 92 valence electrons. The summed E-state index contributed by atoms with van der Waals surface area (Å²) in [5.41, 5.74) is 7.27. The molecule has 0 radical (unpaired) electrons. The van der Waals surface area contributed by atoms with E-state index in [1.54, 1.807) is 0 Å². The molecule has 1 amide bonds. The number of carbonyl (C=O) groups excluding carboxylic acids is 1. The SMILES string of the molecule is NC(=S)c1cccc(CNC(=O)c2cnns2)c1. The summed E-state index contributed by atoms with van der Waals surface area (Å²) in [6, 6.07) is 7.44. The van der Waals surface area contributed by atoms with Crippen LogP contribution in [0.3, 0.4) is 0 Å². The predicted octanol–water partition coefficient (Wildman–Crippen LogP) is 1.10. The number of hydrogen-bond donors (Lipinski definition) is 2. The van der Waals surface area contributed by atoms with Crippen LogP contribution in [0.25, 0.3) is 0 Å². The van der Waals surface area contributed by atoms with Gasteiger partial charge in [0.05, 0.1) is 6.20 Å². The largest absolute Gasteiger partial charge is 0.389 e. The molecule has 2 rings (SSSR count). The molecular formula is C11H10N4OS2. The van der Waals surface area contributed by atoms with Crippen molar-refractivity contribution < 1.29 is 4.79 Å². The normalized spacial score (nSPS) is 10.0. The van der Waals surface area contributed by atoms with E-state index in [4.69, 9.17) is 18.0 Å². The lowest BCUT2D eigenvalue weighted by atomic mass is 10.1. The molecule has 0 aliphatic carbocycles. The summed E-state index contributed by atoms with van der Waals surface area (Å²) in [4.78, 5) is 12.5. The molecule has 3 N–H and O–H groups in total. The molecule has 0 aliphatic rings. The minimum absolute atomic E-state index is 0.189. The monoisotopic (exact) mass is 278 g/mol. The number of nitrogens with one attached hydrogen (secondary N) is 1. The quantitative estimate of drug-likeness (QED) is 0.819. The third-order valence-electron chi connectivity index (χ3n) is 2.25. The Morgan fingerprint density at radius 3 is 3.00 bits per heavy atom. The molecule has 0 aliphatic heterocycles. The number of rotatable bonds is 4. The topological polar surface area (TPSA) is 80.9 Å². The van der Waals surface area contributed by atoms with Gasteiger partial charge in [-0.15, -0.1) is 5.10 Å². The van der Waals surface area contributed by atoms with Crippen molar-refractivity contribution in [1.82, 2.24) is 14.9 Å². The Hall–Kier alpha value is -1.86. The number of benzene rings is 1. The summed E-state index contributed by atoms with van der Waals surface area (Å²) < 4.78 is 3.63. The molecule has 0 unspecified atom stereocenters. The summed E-state index contributed by atoms with van der Waals surface area (Å²) in [6.07, 6.45) is 1.44. The van der Waals surface area contributed by atoms with E-state index in [-0.39, 0.29) is 5.91 Å². The molecule has 0 spiro atoms. The van der Waals surface area contributed by atoms with Crippen LogP contribution in [0, 0.1) is 0 Å². The lowest BCUT2D eigenvalue weighted by Crippen LogP contribution is -2.22. The second kappa shape index (κ2) is 5.65. The molecule has 18 heavy (non-hydrogen) atoms. The Kier molecular flexibility index (Phi) is 3.96. The first-order chi connectivity index (χ1) is 8.66. The molecule has 1 aromatic carbocycles. The van der Waals surface area contributed by atoms with Crippen molar-refractivity contribution in [2.45, 2.75) is 6.54 Å². The predicted molar refractivity (Wildman–Crippen MR) is 73.4 cm³/mol. The highest BCUT2D eigenvalue weighted by Crippen LogP contribution is 2.06. The van der Waals surface area contributed by atoms with Crippen molar-refractivity contribution in [2.24, 2.45) is 5.73 Å². The number of thiocarbonyl (C=S) groups is 1. The highest BCUT2D eigenvalue weighted by atomic mass is 32.1. The number of nitrogens with two attached hydrogens (primary N) is 1. The Labute approximate surface area is 113 Å². The minimum Gasteiger partial charge on any atom is -0.389 e. The summed E-state index contributed by atoms with van der Waals surface area (Å²) >= 11 is 5.96. The number of amides is 1. The van der Waals surface area contributed by atoms with Crippen LogP contribution in [0.2, 0.25) is 0 Å². The zero-order chi connectivity index (χ0) is 13.0. The summed E-state index contributed by atoms with van der Waals surface area (Å²) in [5, 5.41) is 6.38. The lowest BCUT2D eigenvalue weighted by molar-refractivity contribution is 0.0955. The van der Waals surface area contributed by atoms with E-state index >= 15 is 0 Å². The Morgan fingerprint density at radius 1 is 1.50 bits per heavy atom. The van der Waals surface area contributed by atoms with Gasteiger partial charge in [-0.2, -0.15) is 0 Å². The van der Waals surface area contributed by atoms with Gasteiger partial charge in [-0.3, -0.25) is 4.79 Å². The van der Waals surface area contributed by atoms with Gasteiger partial charge in [0.15, 0.2) is 0 Å². The van der Waals surface area contributed by atoms with Crippen LogP contribution in [-0.4, -0.2) is 20.5 Å². The van der Waals surface area contributed by atoms with Gasteiger partial charge in [0, 0.05) is 12.1 Å². The highest BCUT2D eigenvalue weighted by molar-refractivity contribution is 7.80. The molecule has 1 aromatic heterocycles. The third-order valence-corrected chi connectivity index (χ3v) is 3.15. The van der Waals surface area contributed by atoms with Crippen LogP contribution < -0.4 is 11.1 Å². The van der Waals surface area contributed by atoms with E-state index in [2.05, 4.69) is 14.9 Å². The molecular weight excluding hydrogens is 268 g/mol. The molecule has 5 nitrogen and oxygen atoms in total. The van der Waals surface area contributed by atoms with E-state index in [0.29, 0.717) is 16.4 Å². The number of aromatic nitrogens is 2. The maximum atomic E-state index is 11.7. The smallest absolute Gasteiger partial charge is 0.264 e. The van der Waals surface area contributed by atoms with Crippen LogP contribution in [0.15, 0.2) is 30.5 Å². The summed E-state index contributed by atoms with van der Waals surface area (Å²) in [5.74, 6) is -0.189. The lowest BCUT2D eigenvalue weighted by Gasteiger charge is -2.05. The van der Waals surface area contributed by atoms with Crippen molar-refractivity contribution in [3.8, 4) is 0 Å². The van der Waals surface area contributed by atoms with Crippen LogP contribution in [0.5, 0.6) is 0 Å². The van der Waals surface area contributed by atoms with E-state index in [9.17, 15) is 4.79 Å². The first-order valence-corrected chi connectivity index (χ1v) is 6.29. The first kappa shape index (κ1) is 12.6.